The van der Waals surface area contributed by atoms with Crippen molar-refractivity contribution in [3.63, 3.8) is 0 Å². The Bertz CT molecular complexity index is 636. The van der Waals surface area contributed by atoms with Crippen LogP contribution in [-0.2, 0) is 0 Å². The Morgan fingerprint density at radius 1 is 1.13 bits per heavy atom. The SMILES string of the molecule is CCC(F)(F)F.Cc1cc(Br)ccc1-c1cnccc1C(C)C. The first-order chi connectivity index (χ1) is 10.7. The fourth-order valence-corrected chi connectivity index (χ4v) is 2.54. The van der Waals surface area contributed by atoms with Crippen LogP contribution in [0.1, 0.15) is 44.2 Å². The molecule has 5 heteroatoms. The lowest BCUT2D eigenvalue weighted by molar-refractivity contribution is -0.130. The van der Waals surface area contributed by atoms with E-state index in [-0.39, 0.29) is 0 Å². The van der Waals surface area contributed by atoms with Crippen molar-refractivity contribution in [1.29, 1.82) is 0 Å². The minimum Gasteiger partial charge on any atom is -0.264 e. The first kappa shape index (κ1) is 19.7. The molecular weight excluding hydrogens is 367 g/mol. The maximum atomic E-state index is 10.8. The fourth-order valence-electron chi connectivity index (χ4n) is 2.06. The van der Waals surface area contributed by atoms with Crippen LogP contribution in [0.15, 0.2) is 41.1 Å². The monoisotopic (exact) mass is 387 g/mol. The summed E-state index contributed by atoms with van der Waals surface area (Å²) in [6.07, 6.45) is -0.856. The van der Waals surface area contributed by atoms with Crippen molar-refractivity contribution in [3.8, 4) is 11.1 Å². The molecule has 1 nitrogen and oxygen atoms in total. The molecule has 0 spiro atoms. The van der Waals surface area contributed by atoms with Crippen molar-refractivity contribution < 1.29 is 13.2 Å². The van der Waals surface area contributed by atoms with Gasteiger partial charge in [0.25, 0.3) is 0 Å². The standard InChI is InChI=1S/C15H16BrN.C3H5F3/c1-10(2)13-6-7-17-9-15(13)14-5-4-12(16)8-11(14)3;1-2-3(4,5)6/h4-10H,1-3H3;2H2,1H3. The fraction of sp³-hybridized carbons (Fsp3) is 0.389. The average Bonchev–Trinajstić information content (AvgIpc) is 2.47. The highest BCUT2D eigenvalue weighted by atomic mass is 79.9. The maximum absolute atomic E-state index is 10.8. The van der Waals surface area contributed by atoms with E-state index in [4.69, 9.17) is 0 Å². The van der Waals surface area contributed by atoms with Gasteiger partial charge in [-0.1, -0.05) is 42.8 Å². The molecule has 1 aromatic heterocycles. The largest absolute Gasteiger partial charge is 0.388 e. The summed E-state index contributed by atoms with van der Waals surface area (Å²) >= 11 is 3.50. The molecule has 0 bridgehead atoms. The lowest BCUT2D eigenvalue weighted by Crippen LogP contribution is -2.02. The Hall–Kier alpha value is -1.36. The molecule has 0 aliphatic rings. The zero-order chi connectivity index (χ0) is 17.6. The predicted molar refractivity (Wildman–Crippen MR) is 92.5 cm³/mol. The Labute approximate surface area is 144 Å². The molecule has 23 heavy (non-hydrogen) atoms. The number of rotatable bonds is 2. The van der Waals surface area contributed by atoms with Gasteiger partial charge < -0.3 is 0 Å². The van der Waals surface area contributed by atoms with Crippen LogP contribution in [0.3, 0.4) is 0 Å². The van der Waals surface area contributed by atoms with E-state index in [1.54, 1.807) is 0 Å². The summed E-state index contributed by atoms with van der Waals surface area (Å²) in [7, 11) is 0. The van der Waals surface area contributed by atoms with Gasteiger partial charge in [-0.15, -0.1) is 0 Å². The second-order valence-electron chi connectivity index (χ2n) is 5.55. The summed E-state index contributed by atoms with van der Waals surface area (Å²) in [5.41, 5.74) is 5.14. The summed E-state index contributed by atoms with van der Waals surface area (Å²) in [5, 5.41) is 0. The molecule has 1 heterocycles. The molecule has 2 rings (SSSR count). The van der Waals surface area contributed by atoms with E-state index >= 15 is 0 Å². The smallest absolute Gasteiger partial charge is 0.264 e. The minimum atomic E-state index is -3.96. The molecule has 0 aliphatic heterocycles. The van der Waals surface area contributed by atoms with Gasteiger partial charge in [0.05, 0.1) is 0 Å². The molecule has 2 aromatic rings. The lowest BCUT2D eigenvalue weighted by atomic mass is 9.92. The summed E-state index contributed by atoms with van der Waals surface area (Å²) in [5.74, 6) is 0.510. The van der Waals surface area contributed by atoms with Crippen molar-refractivity contribution >= 4 is 15.9 Å². The first-order valence-electron chi connectivity index (χ1n) is 7.43. The van der Waals surface area contributed by atoms with Gasteiger partial charge >= 0.3 is 6.18 Å². The van der Waals surface area contributed by atoms with E-state index < -0.39 is 12.6 Å². The van der Waals surface area contributed by atoms with E-state index in [0.717, 1.165) is 11.4 Å². The Balaban J connectivity index is 0.000000379. The zero-order valence-electron chi connectivity index (χ0n) is 13.7. The van der Waals surface area contributed by atoms with Crippen molar-refractivity contribution in [1.82, 2.24) is 4.98 Å². The normalized spacial score (nSPS) is 11.2. The summed E-state index contributed by atoms with van der Waals surface area (Å²) in [4.78, 5) is 4.26. The molecule has 0 fully saturated rings. The van der Waals surface area contributed by atoms with Gasteiger partial charge in [0.15, 0.2) is 0 Å². The number of aryl methyl sites for hydroxylation is 1. The Morgan fingerprint density at radius 3 is 2.22 bits per heavy atom. The van der Waals surface area contributed by atoms with Gasteiger partial charge in [0, 0.05) is 28.9 Å². The highest BCUT2D eigenvalue weighted by Gasteiger charge is 2.22. The molecule has 0 saturated heterocycles. The number of nitrogens with zero attached hydrogens (tertiary/aromatic N) is 1. The van der Waals surface area contributed by atoms with Gasteiger partial charge in [-0.2, -0.15) is 13.2 Å². The third-order valence-corrected chi connectivity index (χ3v) is 3.85. The summed E-state index contributed by atoms with van der Waals surface area (Å²) in [6.45, 7) is 7.65. The first-order valence-corrected chi connectivity index (χ1v) is 8.22. The highest BCUT2D eigenvalue weighted by Crippen LogP contribution is 2.31. The van der Waals surface area contributed by atoms with Crippen LogP contribution in [0, 0.1) is 6.92 Å². The highest BCUT2D eigenvalue weighted by molar-refractivity contribution is 9.10. The second kappa shape index (κ2) is 8.48. The number of alkyl halides is 3. The Morgan fingerprint density at radius 2 is 1.74 bits per heavy atom. The van der Waals surface area contributed by atoms with Gasteiger partial charge in [-0.25, -0.2) is 0 Å². The van der Waals surface area contributed by atoms with E-state index in [1.807, 2.05) is 12.4 Å². The molecule has 0 N–H and O–H groups in total. The second-order valence-corrected chi connectivity index (χ2v) is 6.46. The van der Waals surface area contributed by atoms with Crippen molar-refractivity contribution in [3.05, 3.63) is 52.3 Å². The maximum Gasteiger partial charge on any atom is 0.388 e. The molecule has 126 valence electrons. The topological polar surface area (TPSA) is 12.9 Å². The third-order valence-electron chi connectivity index (χ3n) is 3.36. The van der Waals surface area contributed by atoms with Crippen LogP contribution in [0.25, 0.3) is 11.1 Å². The molecule has 0 radical (unpaired) electrons. The summed E-state index contributed by atoms with van der Waals surface area (Å²) < 4.78 is 33.5. The Kier molecular flexibility index (Phi) is 7.26. The molecule has 0 atom stereocenters. The predicted octanol–water partition coefficient (Wildman–Crippen LogP) is 6.90. The third kappa shape index (κ3) is 6.34. The van der Waals surface area contributed by atoms with E-state index in [2.05, 4.69) is 66.0 Å². The number of hydrogen-bond donors (Lipinski definition) is 0. The van der Waals surface area contributed by atoms with E-state index in [0.29, 0.717) is 5.92 Å². The van der Waals surface area contributed by atoms with Crippen molar-refractivity contribution in [2.24, 2.45) is 0 Å². The van der Waals surface area contributed by atoms with E-state index in [9.17, 15) is 13.2 Å². The lowest BCUT2D eigenvalue weighted by Gasteiger charge is -2.14. The minimum absolute atomic E-state index is 0.510. The van der Waals surface area contributed by atoms with Crippen molar-refractivity contribution in [2.75, 3.05) is 0 Å². The molecule has 0 aliphatic carbocycles. The number of pyridine rings is 1. The summed E-state index contributed by atoms with van der Waals surface area (Å²) in [6, 6.07) is 8.50. The van der Waals surface area contributed by atoms with Crippen LogP contribution in [-0.4, -0.2) is 11.2 Å². The van der Waals surface area contributed by atoms with Crippen LogP contribution in [0.4, 0.5) is 13.2 Å². The van der Waals surface area contributed by atoms with Crippen LogP contribution >= 0.6 is 15.9 Å². The molecule has 1 aromatic carbocycles. The number of benzene rings is 1. The van der Waals surface area contributed by atoms with Crippen LogP contribution in [0.5, 0.6) is 0 Å². The number of halogens is 4. The molecule has 0 unspecified atom stereocenters. The quantitative estimate of drug-likeness (QED) is 0.545. The molecule has 0 saturated carbocycles. The van der Waals surface area contributed by atoms with Gasteiger partial charge in [-0.05, 0) is 47.7 Å². The number of hydrogen-bond acceptors (Lipinski definition) is 1. The van der Waals surface area contributed by atoms with Crippen LogP contribution < -0.4 is 0 Å². The van der Waals surface area contributed by atoms with Crippen LogP contribution in [0.2, 0.25) is 0 Å². The van der Waals surface area contributed by atoms with Gasteiger partial charge in [0.1, 0.15) is 0 Å². The van der Waals surface area contributed by atoms with Crippen molar-refractivity contribution in [2.45, 2.75) is 46.2 Å². The van der Waals surface area contributed by atoms with Gasteiger partial charge in [0.2, 0.25) is 0 Å². The number of aromatic nitrogens is 1. The zero-order valence-corrected chi connectivity index (χ0v) is 15.3. The average molecular weight is 388 g/mol. The molecule has 0 amide bonds. The van der Waals surface area contributed by atoms with Gasteiger partial charge in [-0.3, -0.25) is 4.98 Å². The molecular formula is C18H21BrF3N. The van der Waals surface area contributed by atoms with E-state index in [1.165, 1.54) is 22.3 Å².